The van der Waals surface area contributed by atoms with Crippen molar-refractivity contribution in [2.24, 2.45) is 0 Å². The molecule has 0 fully saturated rings. The molecule has 0 N–H and O–H groups in total. The Hall–Kier alpha value is -1.74. The van der Waals surface area contributed by atoms with Crippen LogP contribution in [0, 0.1) is 0 Å². The molecule has 0 amide bonds. The second-order valence-electron chi connectivity index (χ2n) is 4.13. The van der Waals surface area contributed by atoms with Crippen LogP contribution in [0.4, 0.5) is 0 Å². The minimum Gasteiger partial charge on any atom is -0.370 e. The van der Waals surface area contributed by atoms with Gasteiger partial charge in [-0.2, -0.15) is 0 Å². The minimum atomic E-state index is -0.351. The van der Waals surface area contributed by atoms with Gasteiger partial charge >= 0.3 is 0 Å². The number of hydrogen-bond donors (Lipinski definition) is 0. The van der Waals surface area contributed by atoms with Crippen molar-refractivity contribution in [3.8, 4) is 0 Å². The van der Waals surface area contributed by atoms with E-state index >= 15 is 0 Å². The summed E-state index contributed by atoms with van der Waals surface area (Å²) in [6.45, 7) is 4.41. The quantitative estimate of drug-likeness (QED) is 0.757. The van der Waals surface area contributed by atoms with Crippen LogP contribution in [-0.4, -0.2) is 23.5 Å². The fourth-order valence-corrected chi connectivity index (χ4v) is 1.99. The van der Waals surface area contributed by atoms with Crippen LogP contribution in [0.25, 0.3) is 10.9 Å². The third-order valence-corrected chi connectivity index (χ3v) is 2.92. The zero-order valence-corrected chi connectivity index (χ0v) is 10.7. The van der Waals surface area contributed by atoms with Crippen molar-refractivity contribution in [2.75, 3.05) is 6.61 Å². The van der Waals surface area contributed by atoms with Crippen molar-refractivity contribution in [3.05, 3.63) is 42.1 Å². The highest BCUT2D eigenvalue weighted by atomic mass is 16.5. The van der Waals surface area contributed by atoms with Crippen LogP contribution in [0.5, 0.6) is 0 Å². The maximum Gasteiger partial charge on any atom is 0.191 e. The standard InChI is InChI=1S/C15H17NO2/c1-3-14(18-4-2)15(17)12-8-7-11-6-5-9-16-13(11)10-12/h5-10,14H,3-4H2,1-2H3. The molecule has 1 aromatic heterocycles. The fourth-order valence-electron chi connectivity index (χ4n) is 1.99. The molecule has 0 spiro atoms. The predicted molar refractivity (Wildman–Crippen MR) is 71.8 cm³/mol. The van der Waals surface area contributed by atoms with E-state index in [4.69, 9.17) is 4.74 Å². The van der Waals surface area contributed by atoms with Gasteiger partial charge in [0.1, 0.15) is 6.10 Å². The smallest absolute Gasteiger partial charge is 0.191 e. The van der Waals surface area contributed by atoms with E-state index in [1.54, 1.807) is 6.20 Å². The number of ether oxygens (including phenoxy) is 1. The number of carbonyl (C=O) groups excluding carboxylic acids is 1. The lowest BCUT2D eigenvalue weighted by Crippen LogP contribution is -2.23. The van der Waals surface area contributed by atoms with Crippen LogP contribution in [0.2, 0.25) is 0 Å². The molecule has 0 saturated carbocycles. The topological polar surface area (TPSA) is 39.2 Å². The van der Waals surface area contributed by atoms with E-state index in [1.165, 1.54) is 0 Å². The molecule has 0 bridgehead atoms. The van der Waals surface area contributed by atoms with Gasteiger partial charge in [-0.05, 0) is 25.5 Å². The second-order valence-corrected chi connectivity index (χ2v) is 4.13. The van der Waals surface area contributed by atoms with Crippen LogP contribution in [0.1, 0.15) is 30.6 Å². The summed E-state index contributed by atoms with van der Waals surface area (Å²) in [5.74, 6) is 0.0342. The van der Waals surface area contributed by atoms with Crippen molar-refractivity contribution in [3.63, 3.8) is 0 Å². The van der Waals surface area contributed by atoms with Crippen LogP contribution in [0.15, 0.2) is 36.5 Å². The Balaban J connectivity index is 2.32. The maximum atomic E-state index is 12.3. The summed E-state index contributed by atoms with van der Waals surface area (Å²) in [5.41, 5.74) is 1.51. The Kier molecular flexibility index (Phi) is 4.05. The summed E-state index contributed by atoms with van der Waals surface area (Å²) < 4.78 is 5.45. The number of nitrogens with zero attached hydrogens (tertiary/aromatic N) is 1. The van der Waals surface area contributed by atoms with Crippen LogP contribution in [0.3, 0.4) is 0 Å². The van der Waals surface area contributed by atoms with Gasteiger partial charge in [0.25, 0.3) is 0 Å². The lowest BCUT2D eigenvalue weighted by Gasteiger charge is -2.13. The number of pyridine rings is 1. The van der Waals surface area contributed by atoms with Crippen molar-refractivity contribution in [1.29, 1.82) is 0 Å². The maximum absolute atomic E-state index is 12.3. The molecular formula is C15H17NO2. The average Bonchev–Trinajstić information content (AvgIpc) is 2.43. The molecular weight excluding hydrogens is 226 g/mol. The van der Waals surface area contributed by atoms with Crippen molar-refractivity contribution in [1.82, 2.24) is 4.98 Å². The van der Waals surface area contributed by atoms with Gasteiger partial charge in [-0.25, -0.2) is 0 Å². The van der Waals surface area contributed by atoms with Gasteiger partial charge < -0.3 is 4.74 Å². The molecule has 1 heterocycles. The van der Waals surface area contributed by atoms with Crippen LogP contribution < -0.4 is 0 Å². The molecule has 94 valence electrons. The van der Waals surface area contributed by atoms with Gasteiger partial charge in [-0.1, -0.05) is 25.1 Å². The Morgan fingerprint density at radius 1 is 1.33 bits per heavy atom. The first-order valence-electron chi connectivity index (χ1n) is 6.26. The van der Waals surface area contributed by atoms with Crippen LogP contribution in [-0.2, 0) is 4.74 Å². The first-order chi connectivity index (χ1) is 8.76. The van der Waals surface area contributed by atoms with Gasteiger partial charge in [-0.15, -0.1) is 0 Å². The fraction of sp³-hybridized carbons (Fsp3) is 0.333. The number of fused-ring (bicyclic) bond motifs is 1. The summed E-state index contributed by atoms with van der Waals surface area (Å²) in [6.07, 6.45) is 2.07. The molecule has 0 saturated heterocycles. The Labute approximate surface area is 107 Å². The zero-order chi connectivity index (χ0) is 13.0. The van der Waals surface area contributed by atoms with Gasteiger partial charge in [0.15, 0.2) is 5.78 Å². The molecule has 18 heavy (non-hydrogen) atoms. The Morgan fingerprint density at radius 3 is 2.89 bits per heavy atom. The molecule has 3 nitrogen and oxygen atoms in total. The number of rotatable bonds is 5. The first-order valence-corrected chi connectivity index (χ1v) is 6.26. The zero-order valence-electron chi connectivity index (χ0n) is 10.7. The molecule has 2 aromatic rings. The SMILES string of the molecule is CCOC(CC)C(=O)c1ccc2cccnc2c1. The molecule has 2 rings (SSSR count). The van der Waals surface area contributed by atoms with Gasteiger partial charge in [0.2, 0.25) is 0 Å². The second kappa shape index (κ2) is 5.74. The highest BCUT2D eigenvalue weighted by molar-refractivity contribution is 6.02. The Bertz CT molecular complexity index is 551. The third kappa shape index (κ3) is 2.57. The average molecular weight is 243 g/mol. The minimum absolute atomic E-state index is 0.0342. The summed E-state index contributed by atoms with van der Waals surface area (Å²) >= 11 is 0. The first kappa shape index (κ1) is 12.7. The summed E-state index contributed by atoms with van der Waals surface area (Å²) in [7, 11) is 0. The van der Waals surface area contributed by atoms with Crippen LogP contribution >= 0.6 is 0 Å². The Morgan fingerprint density at radius 2 is 2.17 bits per heavy atom. The molecule has 1 unspecified atom stereocenters. The predicted octanol–water partition coefficient (Wildman–Crippen LogP) is 3.23. The molecule has 3 heteroatoms. The lowest BCUT2D eigenvalue weighted by molar-refractivity contribution is 0.0444. The monoisotopic (exact) mass is 243 g/mol. The number of carbonyl (C=O) groups is 1. The molecule has 0 aliphatic carbocycles. The largest absolute Gasteiger partial charge is 0.370 e. The lowest BCUT2D eigenvalue weighted by atomic mass is 10.0. The molecule has 0 aliphatic rings. The third-order valence-electron chi connectivity index (χ3n) is 2.92. The number of hydrogen-bond acceptors (Lipinski definition) is 3. The highest BCUT2D eigenvalue weighted by Crippen LogP contribution is 2.16. The molecule has 0 radical (unpaired) electrons. The number of aromatic nitrogens is 1. The molecule has 1 aromatic carbocycles. The number of Topliss-reactive ketones (excluding diaryl/α,β-unsaturated/α-hetero) is 1. The highest BCUT2D eigenvalue weighted by Gasteiger charge is 2.18. The van der Waals surface area contributed by atoms with E-state index in [2.05, 4.69) is 4.98 Å². The van der Waals surface area contributed by atoms with E-state index in [0.29, 0.717) is 18.6 Å². The van der Waals surface area contributed by atoms with E-state index in [9.17, 15) is 4.79 Å². The summed E-state index contributed by atoms with van der Waals surface area (Å²) in [6, 6.07) is 9.47. The van der Waals surface area contributed by atoms with Gasteiger partial charge in [0.05, 0.1) is 5.52 Å². The number of benzene rings is 1. The molecule has 1 atom stereocenters. The summed E-state index contributed by atoms with van der Waals surface area (Å²) in [5, 5.41) is 1.04. The van der Waals surface area contributed by atoms with E-state index in [-0.39, 0.29) is 11.9 Å². The van der Waals surface area contributed by atoms with E-state index in [0.717, 1.165) is 10.9 Å². The van der Waals surface area contributed by atoms with Crippen molar-refractivity contribution >= 4 is 16.7 Å². The van der Waals surface area contributed by atoms with Gasteiger partial charge in [-0.3, -0.25) is 9.78 Å². The van der Waals surface area contributed by atoms with E-state index < -0.39 is 0 Å². The number of ketones is 1. The van der Waals surface area contributed by atoms with Crippen molar-refractivity contribution < 1.29 is 9.53 Å². The van der Waals surface area contributed by atoms with E-state index in [1.807, 2.05) is 44.2 Å². The molecule has 0 aliphatic heterocycles. The normalized spacial score (nSPS) is 12.6. The summed E-state index contributed by atoms with van der Waals surface area (Å²) in [4.78, 5) is 16.5. The van der Waals surface area contributed by atoms with Crippen molar-refractivity contribution in [2.45, 2.75) is 26.4 Å². The van der Waals surface area contributed by atoms with Gasteiger partial charge in [0, 0.05) is 23.8 Å².